The number of carbonyl (C=O) groups excluding carboxylic acids is 2. The summed E-state index contributed by atoms with van der Waals surface area (Å²) >= 11 is 0. The summed E-state index contributed by atoms with van der Waals surface area (Å²) in [5.41, 5.74) is -0.820. The van der Waals surface area contributed by atoms with Crippen LogP contribution in [0.25, 0.3) is 0 Å². The summed E-state index contributed by atoms with van der Waals surface area (Å²) in [6.45, 7) is 2.08. The van der Waals surface area contributed by atoms with Crippen LogP contribution in [0.5, 0.6) is 11.5 Å². The third-order valence-electron chi connectivity index (χ3n) is 10.2. The van der Waals surface area contributed by atoms with E-state index < -0.39 is 22.7 Å². The molecule has 2 amide bonds. The minimum atomic E-state index is -0.822. The van der Waals surface area contributed by atoms with Gasteiger partial charge in [0.2, 0.25) is 5.91 Å². The number of benzene rings is 1. The number of carboxylic acids is 1. The average molecular weight is 563 g/mol. The molecule has 0 saturated heterocycles. The fraction of sp³-hybridized carbons (Fsp3) is 0.645. The minimum absolute atomic E-state index is 0.106. The molecule has 2 bridgehead atoms. The minimum Gasteiger partial charge on any atom is -0.496 e. The van der Waals surface area contributed by atoms with Gasteiger partial charge in [0, 0.05) is 18.7 Å². The zero-order valence-corrected chi connectivity index (χ0v) is 23.7. The number of rotatable bonds is 9. The summed E-state index contributed by atoms with van der Waals surface area (Å²) < 4.78 is 11.6. The largest absolute Gasteiger partial charge is 0.496 e. The average Bonchev–Trinajstić information content (AvgIpc) is 3.55. The van der Waals surface area contributed by atoms with Crippen molar-refractivity contribution < 1.29 is 29.0 Å². The maximum Gasteiger partial charge on any atom is 0.309 e. The lowest BCUT2D eigenvalue weighted by Gasteiger charge is -2.36. The summed E-state index contributed by atoms with van der Waals surface area (Å²) in [4.78, 5) is 38.6. The SMILES string of the molecule is COc1cc(C#N)c(O[C@H]2CC[C@@](C)(C(=O)O)CC2)cc1C(=O)N[C@@H]1[C@H]2CC[C@H](C2)[C@@H]1C(=O)NCC1(C#N)CCC1. The second-order valence-corrected chi connectivity index (χ2v) is 12.7. The lowest BCUT2D eigenvalue weighted by Crippen LogP contribution is -2.51. The number of hydrogen-bond donors (Lipinski definition) is 3. The second-order valence-electron chi connectivity index (χ2n) is 12.7. The molecule has 1 aromatic carbocycles. The molecule has 0 unspecified atom stereocenters. The number of hydrogen-bond acceptors (Lipinski definition) is 7. The molecule has 0 spiro atoms. The standard InChI is InChI=1S/C31H38N4O6/c1-30(29(38)39)10-6-21(7-11-30)41-23-14-22(24(40-2)13-20(23)15-32)27(36)35-26-19-5-4-18(12-19)25(26)28(37)34-17-31(16-33)8-3-9-31/h13-14,18-19,21,25-26H,3-12,17H2,1-2H3,(H,34,37)(H,35,36)(H,38,39)/t18-,19+,21-,25+,26-,30+/m1/s1. The second kappa shape index (κ2) is 11.2. The Bertz CT molecular complexity index is 1300. The van der Waals surface area contributed by atoms with Crippen molar-refractivity contribution in [2.45, 2.75) is 83.3 Å². The Kier molecular flexibility index (Phi) is 7.87. The highest BCUT2D eigenvalue weighted by Crippen LogP contribution is 2.49. The number of nitrogens with zero attached hydrogens (tertiary/aromatic N) is 2. The molecular weight excluding hydrogens is 524 g/mol. The maximum atomic E-state index is 13.7. The predicted molar refractivity (Wildman–Crippen MR) is 147 cm³/mol. The molecule has 0 radical (unpaired) electrons. The number of nitrogens with one attached hydrogen (secondary N) is 2. The Balaban J connectivity index is 1.31. The molecule has 4 fully saturated rings. The van der Waals surface area contributed by atoms with E-state index in [0.29, 0.717) is 32.2 Å². The van der Waals surface area contributed by atoms with Gasteiger partial charge in [0.15, 0.2) is 0 Å². The van der Waals surface area contributed by atoms with Gasteiger partial charge in [-0.3, -0.25) is 14.4 Å². The van der Waals surface area contributed by atoms with Crippen LogP contribution in [0.1, 0.15) is 87.1 Å². The van der Waals surface area contributed by atoms with E-state index in [0.717, 1.165) is 38.5 Å². The third kappa shape index (κ3) is 5.45. The number of aliphatic carboxylic acids is 1. The Labute approximate surface area is 240 Å². The van der Waals surface area contributed by atoms with E-state index in [1.807, 2.05) is 0 Å². The van der Waals surface area contributed by atoms with E-state index in [4.69, 9.17) is 9.47 Å². The van der Waals surface area contributed by atoms with Crippen molar-refractivity contribution >= 4 is 17.8 Å². The molecule has 41 heavy (non-hydrogen) atoms. The smallest absolute Gasteiger partial charge is 0.309 e. The number of methoxy groups -OCH3 is 1. The van der Waals surface area contributed by atoms with E-state index in [1.54, 1.807) is 6.92 Å². The molecule has 0 heterocycles. The van der Waals surface area contributed by atoms with E-state index in [2.05, 4.69) is 22.8 Å². The Morgan fingerprint density at radius 3 is 2.34 bits per heavy atom. The predicted octanol–water partition coefficient (Wildman–Crippen LogP) is 3.93. The van der Waals surface area contributed by atoms with Gasteiger partial charge >= 0.3 is 5.97 Å². The molecule has 4 saturated carbocycles. The van der Waals surface area contributed by atoms with E-state index in [1.165, 1.54) is 19.2 Å². The number of carbonyl (C=O) groups is 3. The molecule has 10 nitrogen and oxygen atoms in total. The van der Waals surface area contributed by atoms with Crippen LogP contribution in [-0.4, -0.2) is 48.7 Å². The van der Waals surface area contributed by atoms with Crippen molar-refractivity contribution in [3.63, 3.8) is 0 Å². The number of amides is 2. The van der Waals surface area contributed by atoms with Gasteiger partial charge in [-0.15, -0.1) is 0 Å². The molecule has 3 N–H and O–H groups in total. The van der Waals surface area contributed by atoms with Crippen LogP contribution in [0.3, 0.4) is 0 Å². The van der Waals surface area contributed by atoms with Crippen LogP contribution in [0, 0.1) is 51.2 Å². The maximum absolute atomic E-state index is 13.7. The fourth-order valence-electron chi connectivity index (χ4n) is 7.24. The fourth-order valence-corrected chi connectivity index (χ4v) is 7.24. The molecule has 218 valence electrons. The van der Waals surface area contributed by atoms with Crippen LogP contribution < -0.4 is 20.1 Å². The first-order chi connectivity index (χ1) is 19.6. The lowest BCUT2D eigenvalue weighted by atomic mass is 9.70. The van der Waals surface area contributed by atoms with Crippen molar-refractivity contribution in [2.24, 2.45) is 28.6 Å². The molecule has 0 aromatic heterocycles. The highest BCUT2D eigenvalue weighted by atomic mass is 16.5. The number of carboxylic acid groups (broad SMARTS) is 1. The van der Waals surface area contributed by atoms with Gasteiger partial charge in [0.05, 0.1) is 47.2 Å². The summed E-state index contributed by atoms with van der Waals surface area (Å²) in [5, 5.41) is 35.0. The molecule has 1 aromatic rings. The van der Waals surface area contributed by atoms with Crippen LogP contribution in [0.4, 0.5) is 0 Å². The molecule has 10 heteroatoms. The van der Waals surface area contributed by atoms with Gasteiger partial charge in [0.1, 0.15) is 17.6 Å². The first-order valence-corrected chi connectivity index (χ1v) is 14.6. The van der Waals surface area contributed by atoms with Gasteiger partial charge in [-0.1, -0.05) is 6.42 Å². The van der Waals surface area contributed by atoms with Crippen molar-refractivity contribution in [1.29, 1.82) is 10.5 Å². The summed E-state index contributed by atoms with van der Waals surface area (Å²) in [6, 6.07) is 7.15. The van der Waals surface area contributed by atoms with Gasteiger partial charge in [-0.25, -0.2) is 0 Å². The number of ether oxygens (including phenoxy) is 2. The van der Waals surface area contributed by atoms with Crippen LogP contribution >= 0.6 is 0 Å². The molecule has 5 rings (SSSR count). The van der Waals surface area contributed by atoms with Gasteiger partial charge in [0.25, 0.3) is 5.91 Å². The molecule has 4 aliphatic rings. The van der Waals surface area contributed by atoms with Gasteiger partial charge < -0.3 is 25.2 Å². The van der Waals surface area contributed by atoms with Crippen molar-refractivity contribution in [3.05, 3.63) is 23.3 Å². The quantitative estimate of drug-likeness (QED) is 0.408. The molecular formula is C31H38N4O6. The van der Waals surface area contributed by atoms with Crippen molar-refractivity contribution in [3.8, 4) is 23.6 Å². The first kappa shape index (κ1) is 28.7. The highest BCUT2D eigenvalue weighted by Gasteiger charge is 2.52. The molecule has 4 atom stereocenters. The van der Waals surface area contributed by atoms with Crippen LogP contribution in [0.15, 0.2) is 12.1 Å². The van der Waals surface area contributed by atoms with E-state index in [9.17, 15) is 30.0 Å². The van der Waals surface area contributed by atoms with E-state index in [-0.39, 0.29) is 58.4 Å². The number of nitriles is 2. The Morgan fingerprint density at radius 1 is 1.05 bits per heavy atom. The van der Waals surface area contributed by atoms with Crippen LogP contribution in [0.2, 0.25) is 0 Å². The highest BCUT2D eigenvalue weighted by molar-refractivity contribution is 5.98. The van der Waals surface area contributed by atoms with Gasteiger partial charge in [-0.05, 0) is 82.6 Å². The molecule has 0 aliphatic heterocycles. The third-order valence-corrected chi connectivity index (χ3v) is 10.2. The van der Waals surface area contributed by atoms with Crippen LogP contribution in [-0.2, 0) is 9.59 Å². The van der Waals surface area contributed by atoms with E-state index >= 15 is 0 Å². The zero-order chi connectivity index (χ0) is 29.4. The Hall–Kier alpha value is -3.79. The zero-order valence-electron chi connectivity index (χ0n) is 23.7. The van der Waals surface area contributed by atoms with Gasteiger partial charge in [-0.2, -0.15) is 10.5 Å². The normalized spacial score (nSPS) is 31.2. The topological polar surface area (TPSA) is 162 Å². The van der Waals surface area contributed by atoms with Crippen molar-refractivity contribution in [2.75, 3.05) is 13.7 Å². The monoisotopic (exact) mass is 562 g/mol. The Morgan fingerprint density at radius 2 is 1.76 bits per heavy atom. The molecule has 4 aliphatic carbocycles. The summed E-state index contributed by atoms with van der Waals surface area (Å²) in [7, 11) is 1.43. The first-order valence-electron chi connectivity index (χ1n) is 14.6. The number of fused-ring (bicyclic) bond motifs is 2. The summed E-state index contributed by atoms with van der Waals surface area (Å²) in [5.74, 6) is -0.817. The lowest BCUT2D eigenvalue weighted by molar-refractivity contribution is -0.150. The summed E-state index contributed by atoms with van der Waals surface area (Å²) in [6.07, 6.45) is 7.04. The van der Waals surface area contributed by atoms with Crippen molar-refractivity contribution in [1.82, 2.24) is 10.6 Å².